The van der Waals surface area contributed by atoms with E-state index in [9.17, 15) is 0 Å². The number of tetrazole rings is 1. The molecule has 0 amide bonds. The van der Waals surface area contributed by atoms with E-state index < -0.39 is 0 Å². The second-order valence-electron chi connectivity index (χ2n) is 7.07. The van der Waals surface area contributed by atoms with Gasteiger partial charge in [-0.2, -0.15) is 10.3 Å². The molecule has 2 heterocycles. The fraction of sp³-hybridized carbons (Fsp3) is 0.318. The van der Waals surface area contributed by atoms with Crippen LogP contribution in [0.1, 0.15) is 43.9 Å². The molecule has 0 atom stereocenters. The minimum atomic E-state index is 0.598. The normalized spacial score (nSPS) is 11.1. The first-order chi connectivity index (χ1) is 14.3. The van der Waals surface area contributed by atoms with Crippen molar-refractivity contribution in [2.24, 2.45) is 0 Å². The van der Waals surface area contributed by atoms with Gasteiger partial charge in [0.2, 0.25) is 5.82 Å². The summed E-state index contributed by atoms with van der Waals surface area (Å²) in [5, 5.41) is 19.1. The van der Waals surface area contributed by atoms with Crippen LogP contribution in [0.25, 0.3) is 22.5 Å². The molecule has 0 aliphatic rings. The van der Waals surface area contributed by atoms with E-state index in [0.29, 0.717) is 5.82 Å². The van der Waals surface area contributed by atoms with Crippen LogP contribution in [0.15, 0.2) is 48.5 Å². The summed E-state index contributed by atoms with van der Waals surface area (Å²) in [6.07, 6.45) is 3.82. The Bertz CT molecular complexity index is 1050. The molecule has 1 N–H and O–H groups in total. The lowest BCUT2D eigenvalue weighted by molar-refractivity contribution is 0.570. The molecule has 0 unspecified atom stereocenters. The molecule has 0 fully saturated rings. The van der Waals surface area contributed by atoms with Gasteiger partial charge in [-0.25, -0.2) is 9.67 Å². The highest BCUT2D eigenvalue weighted by molar-refractivity contribution is 5.80. The first-order valence-corrected chi connectivity index (χ1v) is 10.1. The monoisotopic (exact) mass is 387 g/mol. The Kier molecular flexibility index (Phi) is 5.74. The quantitative estimate of drug-likeness (QED) is 0.492. The van der Waals surface area contributed by atoms with Gasteiger partial charge in [-0.3, -0.25) is 0 Å². The SMILES string of the molecule is CCCc1nc(Cc2ccc(-c3ccccc3-c3nn[nH]n3)cc2)n(CCC)n1. The predicted octanol–water partition coefficient (Wildman–Crippen LogP) is 4.08. The van der Waals surface area contributed by atoms with Crippen molar-refractivity contribution >= 4 is 0 Å². The molecule has 0 saturated carbocycles. The van der Waals surface area contributed by atoms with Crippen LogP contribution in [0, 0.1) is 0 Å². The van der Waals surface area contributed by atoms with E-state index >= 15 is 0 Å². The van der Waals surface area contributed by atoms with Crippen molar-refractivity contribution < 1.29 is 0 Å². The Morgan fingerprint density at radius 2 is 1.72 bits per heavy atom. The molecule has 148 valence electrons. The number of aromatic nitrogens is 7. The molecule has 0 aliphatic heterocycles. The van der Waals surface area contributed by atoms with Crippen molar-refractivity contribution in [2.75, 3.05) is 0 Å². The summed E-state index contributed by atoms with van der Waals surface area (Å²) in [7, 11) is 0. The highest BCUT2D eigenvalue weighted by Gasteiger charge is 2.12. The number of nitrogens with zero attached hydrogens (tertiary/aromatic N) is 6. The van der Waals surface area contributed by atoms with Gasteiger partial charge in [-0.1, -0.05) is 62.4 Å². The predicted molar refractivity (Wildman–Crippen MR) is 112 cm³/mol. The van der Waals surface area contributed by atoms with Gasteiger partial charge in [-0.15, -0.1) is 10.2 Å². The summed E-state index contributed by atoms with van der Waals surface area (Å²) in [5.74, 6) is 2.58. The number of nitrogens with one attached hydrogen (secondary N) is 1. The third-order valence-electron chi connectivity index (χ3n) is 4.84. The van der Waals surface area contributed by atoms with Crippen LogP contribution in [0.4, 0.5) is 0 Å². The fourth-order valence-corrected chi connectivity index (χ4v) is 3.47. The third kappa shape index (κ3) is 4.23. The number of hydrogen-bond acceptors (Lipinski definition) is 5. The fourth-order valence-electron chi connectivity index (χ4n) is 3.47. The van der Waals surface area contributed by atoms with Crippen molar-refractivity contribution in [3.05, 3.63) is 65.7 Å². The van der Waals surface area contributed by atoms with Gasteiger partial charge < -0.3 is 0 Å². The van der Waals surface area contributed by atoms with Gasteiger partial charge in [-0.05, 0) is 34.7 Å². The molecular formula is C22H25N7. The minimum Gasteiger partial charge on any atom is -0.249 e. The largest absolute Gasteiger partial charge is 0.249 e. The number of H-pyrrole nitrogens is 1. The number of hydrogen-bond donors (Lipinski definition) is 1. The molecule has 4 aromatic rings. The molecule has 0 bridgehead atoms. The van der Waals surface area contributed by atoms with Gasteiger partial charge >= 0.3 is 0 Å². The van der Waals surface area contributed by atoms with Crippen molar-refractivity contribution in [3.63, 3.8) is 0 Å². The Balaban J connectivity index is 1.59. The second-order valence-corrected chi connectivity index (χ2v) is 7.07. The summed E-state index contributed by atoms with van der Waals surface area (Å²) >= 11 is 0. The zero-order chi connectivity index (χ0) is 20.1. The van der Waals surface area contributed by atoms with Crippen LogP contribution in [0.3, 0.4) is 0 Å². The van der Waals surface area contributed by atoms with E-state index in [0.717, 1.165) is 60.6 Å². The van der Waals surface area contributed by atoms with Gasteiger partial charge in [0.15, 0.2) is 5.82 Å². The van der Waals surface area contributed by atoms with Crippen LogP contribution in [-0.4, -0.2) is 35.4 Å². The molecule has 0 spiro atoms. The van der Waals surface area contributed by atoms with Crippen molar-refractivity contribution in [1.82, 2.24) is 35.4 Å². The zero-order valence-corrected chi connectivity index (χ0v) is 16.8. The van der Waals surface area contributed by atoms with E-state index in [4.69, 9.17) is 4.98 Å². The summed E-state index contributed by atoms with van der Waals surface area (Å²) in [6.45, 7) is 5.23. The molecule has 7 nitrogen and oxygen atoms in total. The first kappa shape index (κ1) is 19.0. The highest BCUT2D eigenvalue weighted by atomic mass is 15.5. The molecule has 29 heavy (non-hydrogen) atoms. The number of aromatic amines is 1. The second kappa shape index (κ2) is 8.77. The van der Waals surface area contributed by atoms with Gasteiger partial charge in [0.1, 0.15) is 5.82 Å². The van der Waals surface area contributed by atoms with Crippen LogP contribution < -0.4 is 0 Å². The topological polar surface area (TPSA) is 85.2 Å². The van der Waals surface area contributed by atoms with Gasteiger partial charge in [0, 0.05) is 24.9 Å². The third-order valence-corrected chi connectivity index (χ3v) is 4.84. The number of rotatable bonds is 8. The Morgan fingerprint density at radius 1 is 0.931 bits per heavy atom. The number of aryl methyl sites for hydroxylation is 2. The molecule has 0 saturated heterocycles. The molecular weight excluding hydrogens is 362 g/mol. The molecule has 4 rings (SSSR count). The number of benzene rings is 2. The van der Waals surface area contributed by atoms with Gasteiger partial charge in [0.05, 0.1) is 0 Å². The standard InChI is InChI=1S/C22H25N7/c1-3-7-20-23-21(29(26-20)14-4-2)15-16-10-12-17(13-11-16)18-8-5-6-9-19(18)22-24-27-28-25-22/h5-6,8-13H,3-4,7,14-15H2,1-2H3,(H,24,25,27,28). The lowest BCUT2D eigenvalue weighted by Gasteiger charge is -2.08. The molecule has 2 aromatic carbocycles. The minimum absolute atomic E-state index is 0.598. The maximum absolute atomic E-state index is 4.77. The Morgan fingerprint density at radius 3 is 2.41 bits per heavy atom. The summed E-state index contributed by atoms with van der Waals surface area (Å²) in [4.78, 5) is 4.77. The Labute approximate surface area is 170 Å². The average Bonchev–Trinajstić information content (AvgIpc) is 3.40. The van der Waals surface area contributed by atoms with Crippen molar-refractivity contribution in [3.8, 4) is 22.5 Å². The summed E-state index contributed by atoms with van der Waals surface area (Å²) in [5.41, 5.74) is 4.38. The molecule has 2 aromatic heterocycles. The molecule has 0 aliphatic carbocycles. The maximum atomic E-state index is 4.77. The molecule has 7 heteroatoms. The lowest BCUT2D eigenvalue weighted by atomic mass is 9.98. The van der Waals surface area contributed by atoms with Crippen LogP contribution in [-0.2, 0) is 19.4 Å². The average molecular weight is 387 g/mol. The van der Waals surface area contributed by atoms with E-state index in [1.165, 1.54) is 5.56 Å². The maximum Gasteiger partial charge on any atom is 0.205 e. The highest BCUT2D eigenvalue weighted by Crippen LogP contribution is 2.29. The first-order valence-electron chi connectivity index (χ1n) is 10.1. The van der Waals surface area contributed by atoms with Crippen molar-refractivity contribution in [2.45, 2.75) is 46.1 Å². The van der Waals surface area contributed by atoms with Crippen LogP contribution in [0.2, 0.25) is 0 Å². The van der Waals surface area contributed by atoms with Crippen LogP contribution >= 0.6 is 0 Å². The lowest BCUT2D eigenvalue weighted by Crippen LogP contribution is -2.06. The van der Waals surface area contributed by atoms with E-state index in [1.54, 1.807) is 0 Å². The van der Waals surface area contributed by atoms with Crippen LogP contribution in [0.5, 0.6) is 0 Å². The van der Waals surface area contributed by atoms with Crippen molar-refractivity contribution in [1.29, 1.82) is 0 Å². The summed E-state index contributed by atoms with van der Waals surface area (Å²) < 4.78 is 2.06. The zero-order valence-electron chi connectivity index (χ0n) is 16.8. The molecule has 0 radical (unpaired) electrons. The van der Waals surface area contributed by atoms with E-state index in [2.05, 4.69) is 74.6 Å². The van der Waals surface area contributed by atoms with Gasteiger partial charge in [0.25, 0.3) is 0 Å². The smallest absolute Gasteiger partial charge is 0.205 e. The summed E-state index contributed by atoms with van der Waals surface area (Å²) in [6, 6.07) is 16.7. The van der Waals surface area contributed by atoms with E-state index in [1.807, 2.05) is 18.2 Å². The Hall–Kier alpha value is -3.35. The van der Waals surface area contributed by atoms with E-state index in [-0.39, 0.29) is 0 Å².